The highest BCUT2D eigenvalue weighted by atomic mass is 32.1. The SMILES string of the molecule is CNCC[C@@H](N)c1cccs1. The summed E-state index contributed by atoms with van der Waals surface area (Å²) in [7, 11) is 1.95. The van der Waals surface area contributed by atoms with E-state index in [1.807, 2.05) is 13.1 Å². The fraction of sp³-hybridized carbons (Fsp3) is 0.500. The van der Waals surface area contributed by atoms with E-state index in [1.54, 1.807) is 11.3 Å². The second kappa shape index (κ2) is 4.49. The topological polar surface area (TPSA) is 38.0 Å². The molecule has 1 aromatic rings. The van der Waals surface area contributed by atoms with E-state index in [0.29, 0.717) is 0 Å². The summed E-state index contributed by atoms with van der Waals surface area (Å²) in [6.45, 7) is 0.985. The van der Waals surface area contributed by atoms with Crippen molar-refractivity contribution in [2.24, 2.45) is 5.73 Å². The van der Waals surface area contributed by atoms with Gasteiger partial charge >= 0.3 is 0 Å². The van der Waals surface area contributed by atoms with Crippen molar-refractivity contribution in [3.63, 3.8) is 0 Å². The van der Waals surface area contributed by atoms with Crippen LogP contribution in [-0.2, 0) is 0 Å². The summed E-state index contributed by atoms with van der Waals surface area (Å²) < 4.78 is 0. The molecule has 3 heteroatoms. The first-order valence-electron chi connectivity index (χ1n) is 3.78. The monoisotopic (exact) mass is 170 g/mol. The largest absolute Gasteiger partial charge is 0.323 e. The highest BCUT2D eigenvalue weighted by Gasteiger charge is 2.04. The Kier molecular flexibility index (Phi) is 3.56. The van der Waals surface area contributed by atoms with E-state index >= 15 is 0 Å². The lowest BCUT2D eigenvalue weighted by molar-refractivity contribution is 0.623. The quantitative estimate of drug-likeness (QED) is 0.716. The summed E-state index contributed by atoms with van der Waals surface area (Å²) in [6.07, 6.45) is 1.01. The molecule has 1 atom stereocenters. The van der Waals surface area contributed by atoms with Gasteiger partial charge in [0.1, 0.15) is 0 Å². The van der Waals surface area contributed by atoms with Gasteiger partial charge in [-0.2, -0.15) is 0 Å². The summed E-state index contributed by atoms with van der Waals surface area (Å²) in [6, 6.07) is 4.34. The zero-order valence-electron chi connectivity index (χ0n) is 6.71. The minimum atomic E-state index is 0.211. The Hall–Kier alpha value is -0.380. The van der Waals surface area contributed by atoms with Crippen LogP contribution in [0, 0.1) is 0 Å². The van der Waals surface area contributed by atoms with Crippen molar-refractivity contribution in [1.29, 1.82) is 0 Å². The second-order valence-electron chi connectivity index (χ2n) is 2.51. The Labute approximate surface area is 71.4 Å². The molecular formula is C8H14N2S. The van der Waals surface area contributed by atoms with E-state index in [2.05, 4.69) is 16.8 Å². The zero-order chi connectivity index (χ0) is 8.10. The van der Waals surface area contributed by atoms with Gasteiger partial charge in [0.15, 0.2) is 0 Å². The number of rotatable bonds is 4. The molecule has 0 fully saturated rings. The van der Waals surface area contributed by atoms with Gasteiger partial charge in [-0.1, -0.05) is 6.07 Å². The average Bonchev–Trinajstić information content (AvgIpc) is 2.52. The first kappa shape index (κ1) is 8.71. The molecule has 11 heavy (non-hydrogen) atoms. The fourth-order valence-corrected chi connectivity index (χ4v) is 1.71. The molecule has 3 N–H and O–H groups in total. The van der Waals surface area contributed by atoms with Crippen LogP contribution in [0.1, 0.15) is 17.3 Å². The molecule has 0 amide bonds. The number of hydrogen-bond acceptors (Lipinski definition) is 3. The molecule has 0 aliphatic rings. The molecule has 1 heterocycles. The van der Waals surface area contributed by atoms with Crippen LogP contribution in [-0.4, -0.2) is 13.6 Å². The number of thiophene rings is 1. The van der Waals surface area contributed by atoms with Crippen LogP contribution in [0.4, 0.5) is 0 Å². The summed E-state index contributed by atoms with van der Waals surface area (Å²) in [4.78, 5) is 1.28. The Morgan fingerprint density at radius 3 is 3.09 bits per heavy atom. The third kappa shape index (κ3) is 2.61. The highest BCUT2D eigenvalue weighted by molar-refractivity contribution is 7.10. The lowest BCUT2D eigenvalue weighted by atomic mass is 10.2. The van der Waals surface area contributed by atoms with E-state index in [4.69, 9.17) is 5.73 Å². The summed E-state index contributed by atoms with van der Waals surface area (Å²) in [5.74, 6) is 0. The van der Waals surface area contributed by atoms with Crippen LogP contribution in [0.3, 0.4) is 0 Å². The minimum absolute atomic E-state index is 0.211. The van der Waals surface area contributed by atoms with Crippen LogP contribution < -0.4 is 11.1 Å². The molecule has 0 aliphatic heterocycles. The van der Waals surface area contributed by atoms with Crippen LogP contribution >= 0.6 is 11.3 Å². The van der Waals surface area contributed by atoms with Crippen molar-refractivity contribution in [2.45, 2.75) is 12.5 Å². The summed E-state index contributed by atoms with van der Waals surface area (Å²) in [5, 5.41) is 5.15. The van der Waals surface area contributed by atoms with Gasteiger partial charge in [-0.25, -0.2) is 0 Å². The average molecular weight is 170 g/mol. The van der Waals surface area contributed by atoms with Crippen molar-refractivity contribution < 1.29 is 0 Å². The van der Waals surface area contributed by atoms with Gasteiger partial charge in [0.25, 0.3) is 0 Å². The van der Waals surface area contributed by atoms with Crippen LogP contribution in [0.25, 0.3) is 0 Å². The molecular weight excluding hydrogens is 156 g/mol. The predicted molar refractivity (Wildman–Crippen MR) is 49.8 cm³/mol. The molecule has 62 valence electrons. The first-order chi connectivity index (χ1) is 5.34. The summed E-state index contributed by atoms with van der Waals surface area (Å²) >= 11 is 1.73. The maximum atomic E-state index is 5.90. The standard InChI is InChI=1S/C8H14N2S/c1-10-5-4-7(9)8-3-2-6-11-8/h2-3,6-7,10H,4-5,9H2,1H3/t7-/m1/s1. The van der Waals surface area contributed by atoms with Crippen molar-refractivity contribution in [3.05, 3.63) is 22.4 Å². The van der Waals surface area contributed by atoms with Gasteiger partial charge in [-0.15, -0.1) is 11.3 Å². The van der Waals surface area contributed by atoms with Gasteiger partial charge in [0.2, 0.25) is 0 Å². The predicted octanol–water partition coefficient (Wildman–Crippen LogP) is 1.36. The number of nitrogens with two attached hydrogens (primary N) is 1. The Morgan fingerprint density at radius 1 is 1.73 bits per heavy atom. The van der Waals surface area contributed by atoms with E-state index < -0.39 is 0 Å². The van der Waals surface area contributed by atoms with E-state index in [9.17, 15) is 0 Å². The van der Waals surface area contributed by atoms with Crippen LogP contribution in [0.15, 0.2) is 17.5 Å². The molecule has 0 bridgehead atoms. The first-order valence-corrected chi connectivity index (χ1v) is 4.66. The Bertz CT molecular complexity index is 184. The maximum Gasteiger partial charge on any atom is 0.0401 e. The lowest BCUT2D eigenvalue weighted by Gasteiger charge is -2.07. The smallest absolute Gasteiger partial charge is 0.0401 e. The van der Waals surface area contributed by atoms with Crippen molar-refractivity contribution in [3.8, 4) is 0 Å². The number of hydrogen-bond donors (Lipinski definition) is 2. The number of nitrogens with one attached hydrogen (secondary N) is 1. The van der Waals surface area contributed by atoms with Gasteiger partial charge in [0.05, 0.1) is 0 Å². The molecule has 0 unspecified atom stereocenters. The third-order valence-electron chi connectivity index (χ3n) is 1.61. The van der Waals surface area contributed by atoms with Crippen molar-refractivity contribution in [2.75, 3.05) is 13.6 Å². The molecule has 0 aliphatic carbocycles. The minimum Gasteiger partial charge on any atom is -0.323 e. The molecule has 1 aromatic heterocycles. The molecule has 0 radical (unpaired) electrons. The normalized spacial score (nSPS) is 13.3. The van der Waals surface area contributed by atoms with E-state index in [0.717, 1.165) is 13.0 Å². The zero-order valence-corrected chi connectivity index (χ0v) is 7.53. The van der Waals surface area contributed by atoms with E-state index in [1.165, 1.54) is 4.88 Å². The highest BCUT2D eigenvalue weighted by Crippen LogP contribution is 2.18. The fourth-order valence-electron chi connectivity index (χ4n) is 0.944. The Morgan fingerprint density at radius 2 is 2.55 bits per heavy atom. The molecule has 2 nitrogen and oxygen atoms in total. The van der Waals surface area contributed by atoms with Gasteiger partial charge < -0.3 is 11.1 Å². The van der Waals surface area contributed by atoms with Gasteiger partial charge in [0, 0.05) is 10.9 Å². The lowest BCUT2D eigenvalue weighted by Crippen LogP contribution is -2.16. The van der Waals surface area contributed by atoms with Crippen molar-refractivity contribution >= 4 is 11.3 Å². The molecule has 0 aromatic carbocycles. The molecule has 0 saturated carbocycles. The van der Waals surface area contributed by atoms with E-state index in [-0.39, 0.29) is 6.04 Å². The Balaban J connectivity index is 2.36. The molecule has 0 spiro atoms. The second-order valence-corrected chi connectivity index (χ2v) is 3.49. The van der Waals surface area contributed by atoms with Gasteiger partial charge in [-0.3, -0.25) is 0 Å². The van der Waals surface area contributed by atoms with Crippen LogP contribution in [0.5, 0.6) is 0 Å². The van der Waals surface area contributed by atoms with Gasteiger partial charge in [-0.05, 0) is 31.5 Å². The summed E-state index contributed by atoms with van der Waals surface area (Å²) in [5.41, 5.74) is 5.90. The maximum absolute atomic E-state index is 5.90. The molecule has 0 saturated heterocycles. The third-order valence-corrected chi connectivity index (χ3v) is 2.62. The molecule has 1 rings (SSSR count). The van der Waals surface area contributed by atoms with Crippen molar-refractivity contribution in [1.82, 2.24) is 5.32 Å². The van der Waals surface area contributed by atoms with Crippen LogP contribution in [0.2, 0.25) is 0 Å².